The first kappa shape index (κ1) is 17.2. The van der Waals surface area contributed by atoms with Crippen molar-refractivity contribution in [1.82, 2.24) is 20.2 Å². The van der Waals surface area contributed by atoms with Gasteiger partial charge in [-0.15, -0.1) is 11.8 Å². The Morgan fingerprint density at radius 1 is 1.29 bits per heavy atom. The van der Waals surface area contributed by atoms with E-state index in [1.807, 2.05) is 28.4 Å². The number of rotatable bonds is 7. The van der Waals surface area contributed by atoms with Crippen LogP contribution in [0.25, 0.3) is 0 Å². The van der Waals surface area contributed by atoms with Crippen LogP contribution in [0.15, 0.2) is 29.2 Å². The molecule has 130 valence electrons. The predicted molar refractivity (Wildman–Crippen MR) is 93.6 cm³/mol. The van der Waals surface area contributed by atoms with Gasteiger partial charge in [0.25, 0.3) is 0 Å². The van der Waals surface area contributed by atoms with E-state index in [2.05, 4.69) is 46.7 Å². The van der Waals surface area contributed by atoms with Gasteiger partial charge in [-0.1, -0.05) is 24.2 Å². The quantitative estimate of drug-likeness (QED) is 0.705. The maximum atomic E-state index is 5.69. The maximum Gasteiger partial charge on any atom is 0.245 e. The van der Waals surface area contributed by atoms with Crippen LogP contribution in [-0.4, -0.2) is 65.5 Å². The molecule has 7 nitrogen and oxygen atoms in total. The molecule has 0 saturated carbocycles. The van der Waals surface area contributed by atoms with Crippen molar-refractivity contribution >= 4 is 17.7 Å². The fourth-order valence-corrected chi connectivity index (χ4v) is 3.30. The predicted octanol–water partition coefficient (Wildman–Crippen LogP) is 1.68. The highest BCUT2D eigenvalue weighted by atomic mass is 32.2. The summed E-state index contributed by atoms with van der Waals surface area (Å²) in [5, 5.41) is 12.1. The highest BCUT2D eigenvalue weighted by Crippen LogP contribution is 2.19. The van der Waals surface area contributed by atoms with Gasteiger partial charge >= 0.3 is 0 Å². The van der Waals surface area contributed by atoms with E-state index in [0.29, 0.717) is 32.9 Å². The minimum atomic E-state index is 0.0549. The fourth-order valence-electron chi connectivity index (χ4n) is 2.64. The molecule has 1 aromatic carbocycles. The Kier molecular flexibility index (Phi) is 6.06. The Morgan fingerprint density at radius 3 is 2.83 bits per heavy atom. The molecule has 1 unspecified atom stereocenters. The van der Waals surface area contributed by atoms with Gasteiger partial charge < -0.3 is 14.4 Å². The van der Waals surface area contributed by atoms with Crippen LogP contribution in [0.4, 0.5) is 5.95 Å². The van der Waals surface area contributed by atoms with E-state index in [0.717, 1.165) is 11.7 Å². The van der Waals surface area contributed by atoms with Crippen LogP contribution in [0.5, 0.6) is 0 Å². The van der Waals surface area contributed by atoms with Crippen LogP contribution >= 0.6 is 11.8 Å². The third-order valence-corrected chi connectivity index (χ3v) is 4.68. The van der Waals surface area contributed by atoms with E-state index in [1.54, 1.807) is 0 Å². The summed E-state index contributed by atoms with van der Waals surface area (Å²) in [5.74, 6) is 1.81. The van der Waals surface area contributed by atoms with Gasteiger partial charge in [0.1, 0.15) is 0 Å². The van der Waals surface area contributed by atoms with Crippen LogP contribution < -0.4 is 4.90 Å². The lowest BCUT2D eigenvalue weighted by Crippen LogP contribution is -2.39. The first-order valence-electron chi connectivity index (χ1n) is 8.14. The van der Waals surface area contributed by atoms with E-state index in [4.69, 9.17) is 9.47 Å². The van der Waals surface area contributed by atoms with Gasteiger partial charge in [-0.3, -0.25) is 0 Å². The number of benzene rings is 1. The minimum Gasteiger partial charge on any atom is -0.376 e. The van der Waals surface area contributed by atoms with Crippen molar-refractivity contribution in [3.8, 4) is 0 Å². The Labute approximate surface area is 146 Å². The van der Waals surface area contributed by atoms with Gasteiger partial charge in [0, 0.05) is 18.5 Å². The number of nitrogens with zero attached hydrogens (tertiary/aromatic N) is 5. The molecular weight excluding hydrogens is 326 g/mol. The van der Waals surface area contributed by atoms with Gasteiger partial charge in [0.2, 0.25) is 5.95 Å². The van der Waals surface area contributed by atoms with Crippen molar-refractivity contribution in [3.63, 3.8) is 0 Å². The summed E-state index contributed by atoms with van der Waals surface area (Å²) in [6.07, 6.45) is 0.0549. The second kappa shape index (κ2) is 8.46. The van der Waals surface area contributed by atoms with Crippen molar-refractivity contribution in [2.45, 2.75) is 24.5 Å². The summed E-state index contributed by atoms with van der Waals surface area (Å²) in [4.78, 5) is 3.30. The van der Waals surface area contributed by atoms with Crippen LogP contribution in [0.3, 0.4) is 0 Å². The van der Waals surface area contributed by atoms with Crippen LogP contribution in [0, 0.1) is 0 Å². The average Bonchev–Trinajstić information content (AvgIpc) is 3.06. The zero-order valence-corrected chi connectivity index (χ0v) is 14.9. The van der Waals surface area contributed by atoms with E-state index in [-0.39, 0.29) is 6.10 Å². The molecule has 2 aromatic rings. The molecule has 0 N–H and O–H groups in total. The first-order chi connectivity index (χ1) is 11.8. The molecule has 0 amide bonds. The lowest BCUT2D eigenvalue weighted by atomic mass is 10.2. The molecule has 8 heteroatoms. The number of tetrazole rings is 1. The zero-order chi connectivity index (χ0) is 16.8. The van der Waals surface area contributed by atoms with Crippen molar-refractivity contribution in [1.29, 1.82) is 0 Å². The molecule has 2 heterocycles. The van der Waals surface area contributed by atoms with E-state index in [9.17, 15) is 0 Å². The van der Waals surface area contributed by atoms with Crippen LogP contribution in [0.2, 0.25) is 0 Å². The van der Waals surface area contributed by atoms with Crippen molar-refractivity contribution < 1.29 is 9.47 Å². The standard InChI is InChI=1S/C16H23N5O2S/c1-3-24-15-6-4-13(5-7-15)10-21-16(17-18-19-21)20(2)11-14-12-22-8-9-23-14/h4-7,14H,3,8-12H2,1-2H3. The third kappa shape index (κ3) is 4.46. The van der Waals surface area contributed by atoms with Crippen molar-refractivity contribution in [2.24, 2.45) is 0 Å². The third-order valence-electron chi connectivity index (χ3n) is 3.78. The average molecular weight is 349 g/mol. The minimum absolute atomic E-state index is 0.0549. The normalized spacial score (nSPS) is 17.8. The Bertz CT molecular complexity index is 628. The summed E-state index contributed by atoms with van der Waals surface area (Å²) in [6, 6.07) is 8.54. The van der Waals surface area contributed by atoms with Crippen molar-refractivity contribution in [3.05, 3.63) is 29.8 Å². The van der Waals surface area contributed by atoms with Crippen LogP contribution in [0.1, 0.15) is 12.5 Å². The molecule has 0 radical (unpaired) electrons. The molecule has 0 aliphatic carbocycles. The molecule has 1 aliphatic rings. The van der Waals surface area contributed by atoms with Crippen LogP contribution in [-0.2, 0) is 16.0 Å². The number of anilines is 1. The lowest BCUT2D eigenvalue weighted by molar-refractivity contribution is -0.0838. The Hall–Kier alpha value is -1.64. The van der Waals surface area contributed by atoms with E-state index in [1.165, 1.54) is 10.5 Å². The summed E-state index contributed by atoms with van der Waals surface area (Å²) in [6.45, 7) is 5.43. The SMILES string of the molecule is CCSc1ccc(Cn2nnnc2N(C)CC2COCCO2)cc1. The number of hydrogen-bond donors (Lipinski definition) is 0. The number of hydrogen-bond acceptors (Lipinski definition) is 7. The van der Waals surface area contributed by atoms with Gasteiger partial charge in [-0.25, -0.2) is 4.68 Å². The molecule has 24 heavy (non-hydrogen) atoms. The molecule has 1 saturated heterocycles. The molecular formula is C16H23N5O2S. The maximum absolute atomic E-state index is 5.69. The van der Waals surface area contributed by atoms with Gasteiger partial charge in [0.15, 0.2) is 0 Å². The molecule has 1 atom stereocenters. The highest BCUT2D eigenvalue weighted by Gasteiger charge is 2.20. The molecule has 3 rings (SSSR count). The molecule has 1 aromatic heterocycles. The number of aromatic nitrogens is 4. The molecule has 0 spiro atoms. The second-order valence-electron chi connectivity index (χ2n) is 5.66. The fraction of sp³-hybridized carbons (Fsp3) is 0.562. The number of likely N-dealkylation sites (N-methyl/N-ethyl adjacent to an activating group) is 1. The molecule has 1 fully saturated rings. The van der Waals surface area contributed by atoms with E-state index < -0.39 is 0 Å². The topological polar surface area (TPSA) is 65.3 Å². The van der Waals surface area contributed by atoms with Gasteiger partial charge in [-0.2, -0.15) is 0 Å². The zero-order valence-electron chi connectivity index (χ0n) is 14.1. The van der Waals surface area contributed by atoms with Gasteiger partial charge in [0.05, 0.1) is 32.5 Å². The summed E-state index contributed by atoms with van der Waals surface area (Å²) >= 11 is 1.84. The van der Waals surface area contributed by atoms with Gasteiger partial charge in [-0.05, 0) is 33.9 Å². The second-order valence-corrected chi connectivity index (χ2v) is 7.00. The Morgan fingerprint density at radius 2 is 2.12 bits per heavy atom. The first-order valence-corrected chi connectivity index (χ1v) is 9.13. The highest BCUT2D eigenvalue weighted by molar-refractivity contribution is 7.99. The van der Waals surface area contributed by atoms with E-state index >= 15 is 0 Å². The number of thioether (sulfide) groups is 1. The number of ether oxygens (including phenoxy) is 2. The largest absolute Gasteiger partial charge is 0.376 e. The van der Waals surface area contributed by atoms with Crippen molar-refractivity contribution in [2.75, 3.05) is 44.1 Å². The molecule has 1 aliphatic heterocycles. The summed E-state index contributed by atoms with van der Waals surface area (Å²) in [5.41, 5.74) is 1.18. The Balaban J connectivity index is 1.63. The summed E-state index contributed by atoms with van der Waals surface area (Å²) < 4.78 is 13.0. The summed E-state index contributed by atoms with van der Waals surface area (Å²) in [7, 11) is 1.97. The smallest absolute Gasteiger partial charge is 0.245 e. The monoisotopic (exact) mass is 349 g/mol. The molecule has 0 bridgehead atoms. The lowest BCUT2D eigenvalue weighted by Gasteiger charge is -2.27.